The summed E-state index contributed by atoms with van der Waals surface area (Å²) in [6.07, 6.45) is 0. The Morgan fingerprint density at radius 3 is 2.41 bits per heavy atom. The van der Waals surface area contributed by atoms with Gasteiger partial charge in [0.1, 0.15) is 17.6 Å². The lowest BCUT2D eigenvalue weighted by molar-refractivity contribution is 0.310. The Labute approximate surface area is 186 Å². The van der Waals surface area contributed by atoms with E-state index >= 15 is 0 Å². The third-order valence-corrected chi connectivity index (χ3v) is 5.70. The molecule has 1 aliphatic heterocycles. The maximum absolute atomic E-state index is 14.5. The number of hydrogen-bond donors (Lipinski definition) is 1. The third kappa shape index (κ3) is 4.07. The Balaban J connectivity index is 1.94. The molecule has 0 saturated carbocycles. The summed E-state index contributed by atoms with van der Waals surface area (Å²) in [6.45, 7) is 5.07. The molecule has 0 spiro atoms. The zero-order valence-corrected chi connectivity index (χ0v) is 18.3. The molecule has 1 saturated heterocycles. The van der Waals surface area contributed by atoms with Crippen molar-refractivity contribution in [1.29, 1.82) is 5.26 Å². The molecule has 0 radical (unpaired) electrons. The van der Waals surface area contributed by atoms with Crippen molar-refractivity contribution >= 4 is 5.95 Å². The van der Waals surface area contributed by atoms with Gasteiger partial charge in [-0.15, -0.1) is 0 Å². The average molecular weight is 433 g/mol. The highest BCUT2D eigenvalue weighted by Gasteiger charge is 2.24. The van der Waals surface area contributed by atoms with Gasteiger partial charge < -0.3 is 19.6 Å². The van der Waals surface area contributed by atoms with Crippen molar-refractivity contribution < 1.29 is 14.2 Å². The number of aromatic hydroxyl groups is 1. The fraction of sp³-hybridized carbons (Fsp3) is 0.292. The molecule has 0 amide bonds. The van der Waals surface area contributed by atoms with Gasteiger partial charge in [0.05, 0.1) is 23.9 Å². The van der Waals surface area contributed by atoms with E-state index in [-0.39, 0.29) is 11.3 Å². The number of aryl methyl sites for hydroxylation is 1. The van der Waals surface area contributed by atoms with E-state index in [2.05, 4.69) is 21.8 Å². The first-order valence-corrected chi connectivity index (χ1v) is 10.3. The second kappa shape index (κ2) is 8.81. The first-order chi connectivity index (χ1) is 15.4. The molecule has 1 N–H and O–H groups in total. The summed E-state index contributed by atoms with van der Waals surface area (Å²) in [4.78, 5) is 13.8. The Hall–Kier alpha value is -3.70. The standard InChI is InChI=1S/C24H24FN5O2/c1-15-4-5-16(13-20(15)31)21-22(17-6-7-18(14-26)19(25)12-17)27-24(28-23(21)32-3)30-10-8-29(2)9-11-30/h4-7,12-13,31H,8-11H2,1-3H3. The molecule has 0 unspecified atom stereocenters. The van der Waals surface area contributed by atoms with Crippen molar-refractivity contribution in [3.8, 4) is 40.1 Å². The van der Waals surface area contributed by atoms with Gasteiger partial charge in [-0.3, -0.25) is 0 Å². The Kier molecular flexibility index (Phi) is 5.93. The van der Waals surface area contributed by atoms with Gasteiger partial charge >= 0.3 is 0 Å². The maximum atomic E-state index is 14.5. The minimum atomic E-state index is -0.624. The van der Waals surface area contributed by atoms with Crippen LogP contribution in [0.3, 0.4) is 0 Å². The summed E-state index contributed by atoms with van der Waals surface area (Å²) in [6, 6.07) is 11.5. The molecule has 0 aliphatic carbocycles. The minimum absolute atomic E-state index is 0.0383. The molecule has 3 aromatic rings. The van der Waals surface area contributed by atoms with E-state index in [0.29, 0.717) is 34.2 Å². The first kappa shape index (κ1) is 21.5. The lowest BCUT2D eigenvalue weighted by Gasteiger charge is -2.33. The van der Waals surface area contributed by atoms with Gasteiger partial charge in [0, 0.05) is 31.7 Å². The molecule has 0 atom stereocenters. The van der Waals surface area contributed by atoms with Crippen LogP contribution in [-0.4, -0.2) is 60.3 Å². The molecule has 1 aromatic heterocycles. The number of aromatic nitrogens is 2. The number of phenolic OH excluding ortho intramolecular Hbond substituents is 1. The highest BCUT2D eigenvalue weighted by Crippen LogP contribution is 2.40. The maximum Gasteiger partial charge on any atom is 0.229 e. The first-order valence-electron chi connectivity index (χ1n) is 10.3. The van der Waals surface area contributed by atoms with Crippen molar-refractivity contribution in [1.82, 2.24) is 14.9 Å². The summed E-state index contributed by atoms with van der Waals surface area (Å²) in [5.74, 6) is 0.331. The Morgan fingerprint density at radius 1 is 1.06 bits per heavy atom. The highest BCUT2D eigenvalue weighted by atomic mass is 19.1. The predicted octanol–water partition coefficient (Wildman–Crippen LogP) is 3.60. The van der Waals surface area contributed by atoms with Crippen LogP contribution < -0.4 is 9.64 Å². The van der Waals surface area contributed by atoms with E-state index in [1.165, 1.54) is 19.2 Å². The number of likely N-dealkylation sites (N-methyl/N-ethyl adjacent to an activating group) is 1. The Bertz CT molecular complexity index is 1200. The monoisotopic (exact) mass is 433 g/mol. The van der Waals surface area contributed by atoms with Gasteiger partial charge in [0.2, 0.25) is 11.8 Å². The van der Waals surface area contributed by atoms with Crippen LogP contribution in [0.2, 0.25) is 0 Å². The highest BCUT2D eigenvalue weighted by molar-refractivity contribution is 5.85. The zero-order valence-electron chi connectivity index (χ0n) is 18.3. The largest absolute Gasteiger partial charge is 0.508 e. The summed E-state index contributed by atoms with van der Waals surface area (Å²) >= 11 is 0. The topological polar surface area (TPSA) is 85.5 Å². The van der Waals surface area contributed by atoms with E-state index in [1.807, 2.05) is 12.1 Å². The number of piperazine rings is 1. The lowest BCUT2D eigenvalue weighted by atomic mass is 9.98. The molecule has 2 aromatic carbocycles. The fourth-order valence-electron chi connectivity index (χ4n) is 3.71. The molecule has 8 heteroatoms. The van der Waals surface area contributed by atoms with E-state index in [9.17, 15) is 9.50 Å². The quantitative estimate of drug-likeness (QED) is 0.673. The molecule has 32 heavy (non-hydrogen) atoms. The van der Waals surface area contributed by atoms with Gasteiger partial charge in [-0.2, -0.15) is 10.2 Å². The van der Waals surface area contributed by atoms with Gasteiger partial charge in [-0.1, -0.05) is 18.2 Å². The van der Waals surface area contributed by atoms with Crippen molar-refractivity contribution in [2.45, 2.75) is 6.92 Å². The third-order valence-electron chi connectivity index (χ3n) is 5.70. The van der Waals surface area contributed by atoms with Crippen LogP contribution in [-0.2, 0) is 0 Å². The van der Waals surface area contributed by atoms with E-state index in [0.717, 1.165) is 31.7 Å². The number of methoxy groups -OCH3 is 1. The lowest BCUT2D eigenvalue weighted by Crippen LogP contribution is -2.45. The summed E-state index contributed by atoms with van der Waals surface area (Å²) < 4.78 is 20.2. The molecule has 1 aliphatic rings. The summed E-state index contributed by atoms with van der Waals surface area (Å²) in [5.41, 5.74) is 2.85. The van der Waals surface area contributed by atoms with Crippen LogP contribution in [0.15, 0.2) is 36.4 Å². The number of halogens is 1. The molecule has 1 fully saturated rings. The van der Waals surface area contributed by atoms with Crippen LogP contribution in [0.5, 0.6) is 11.6 Å². The summed E-state index contributed by atoms with van der Waals surface area (Å²) in [5, 5.41) is 19.4. The number of benzene rings is 2. The van der Waals surface area contributed by atoms with Gasteiger partial charge in [-0.25, -0.2) is 9.37 Å². The smallest absolute Gasteiger partial charge is 0.229 e. The van der Waals surface area contributed by atoms with Crippen LogP contribution in [0.25, 0.3) is 22.4 Å². The fourth-order valence-corrected chi connectivity index (χ4v) is 3.71. The van der Waals surface area contributed by atoms with Crippen LogP contribution in [0, 0.1) is 24.1 Å². The van der Waals surface area contributed by atoms with Gasteiger partial charge in [-0.05, 0) is 43.3 Å². The zero-order chi connectivity index (χ0) is 22.8. The van der Waals surface area contributed by atoms with Gasteiger partial charge in [0.25, 0.3) is 0 Å². The van der Waals surface area contributed by atoms with E-state index in [1.54, 1.807) is 25.1 Å². The molecule has 0 bridgehead atoms. The number of anilines is 1. The number of hydrogen-bond acceptors (Lipinski definition) is 7. The van der Waals surface area contributed by atoms with Crippen molar-refractivity contribution in [3.63, 3.8) is 0 Å². The SMILES string of the molecule is COc1nc(N2CCN(C)CC2)nc(-c2ccc(C#N)c(F)c2)c1-c1ccc(C)c(O)c1. The predicted molar refractivity (Wildman–Crippen MR) is 120 cm³/mol. The molecule has 4 rings (SSSR count). The number of rotatable bonds is 4. The van der Waals surface area contributed by atoms with Crippen molar-refractivity contribution in [2.24, 2.45) is 0 Å². The molecule has 2 heterocycles. The summed E-state index contributed by atoms with van der Waals surface area (Å²) in [7, 11) is 3.59. The van der Waals surface area contributed by atoms with Crippen LogP contribution in [0.4, 0.5) is 10.3 Å². The number of nitrogens with zero attached hydrogens (tertiary/aromatic N) is 5. The molecular weight excluding hydrogens is 409 g/mol. The molecular formula is C24H24FN5O2. The number of ether oxygens (including phenoxy) is 1. The number of nitriles is 1. The van der Waals surface area contributed by atoms with Crippen molar-refractivity contribution in [2.75, 3.05) is 45.2 Å². The Morgan fingerprint density at radius 2 is 1.78 bits per heavy atom. The normalized spacial score (nSPS) is 14.3. The average Bonchev–Trinajstić information content (AvgIpc) is 2.80. The van der Waals surface area contributed by atoms with Gasteiger partial charge in [0.15, 0.2) is 0 Å². The second-order valence-corrected chi connectivity index (χ2v) is 7.85. The van der Waals surface area contributed by atoms with Crippen molar-refractivity contribution in [3.05, 3.63) is 53.3 Å². The minimum Gasteiger partial charge on any atom is -0.508 e. The number of phenols is 1. The van der Waals surface area contributed by atoms with Crippen LogP contribution >= 0.6 is 0 Å². The molecule has 7 nitrogen and oxygen atoms in total. The van der Waals surface area contributed by atoms with E-state index in [4.69, 9.17) is 15.0 Å². The van der Waals surface area contributed by atoms with E-state index < -0.39 is 5.82 Å². The van der Waals surface area contributed by atoms with Crippen LogP contribution in [0.1, 0.15) is 11.1 Å². The second-order valence-electron chi connectivity index (χ2n) is 7.85. The molecule has 164 valence electrons.